The Bertz CT molecular complexity index is 1260. The molecule has 2 atom stereocenters. The van der Waals surface area contributed by atoms with Crippen molar-refractivity contribution in [1.82, 2.24) is 0 Å². The van der Waals surface area contributed by atoms with Crippen molar-refractivity contribution >= 4 is 38.4 Å². The molecule has 2 aliphatic rings. The maximum atomic E-state index is 12.7. The molecule has 2 heterocycles. The first kappa shape index (κ1) is 20.8. The van der Waals surface area contributed by atoms with Crippen molar-refractivity contribution in [3.8, 4) is 11.5 Å². The molecule has 6 nitrogen and oxygen atoms in total. The van der Waals surface area contributed by atoms with Crippen LogP contribution >= 0.6 is 11.8 Å². The number of anilines is 1. The van der Waals surface area contributed by atoms with Crippen molar-refractivity contribution in [3.05, 3.63) is 90.5 Å². The molecule has 32 heavy (non-hydrogen) atoms. The van der Waals surface area contributed by atoms with Crippen LogP contribution in [-0.2, 0) is 9.84 Å². The molecule has 5 rings (SSSR count). The Morgan fingerprint density at radius 3 is 2.19 bits per heavy atom. The number of hydrogen-bond donors (Lipinski definition) is 0. The number of carbonyl (C=O) groups excluding carboxylic acids is 1. The number of para-hydroxylation sites is 1. The summed E-state index contributed by atoms with van der Waals surface area (Å²) >= 11 is 1.36. The first-order valence-corrected chi connectivity index (χ1v) is 12.9. The van der Waals surface area contributed by atoms with Crippen LogP contribution in [0.2, 0.25) is 0 Å². The molecule has 2 saturated heterocycles. The molecule has 162 valence electrons. The highest BCUT2D eigenvalue weighted by Crippen LogP contribution is 2.41. The number of ether oxygens (including phenoxy) is 1. The molecule has 0 bridgehead atoms. The zero-order valence-electron chi connectivity index (χ0n) is 17.0. The quantitative estimate of drug-likeness (QED) is 0.570. The number of thioether (sulfide) groups is 1. The largest absolute Gasteiger partial charge is 0.457 e. The molecule has 0 aliphatic carbocycles. The van der Waals surface area contributed by atoms with E-state index in [4.69, 9.17) is 4.74 Å². The summed E-state index contributed by atoms with van der Waals surface area (Å²) in [7, 11) is -3.13. The minimum absolute atomic E-state index is 0.0471. The summed E-state index contributed by atoms with van der Waals surface area (Å²) in [5, 5.41) is 0.378. The molecule has 0 spiro atoms. The molecular weight excluding hydrogens is 444 g/mol. The molecule has 2 aliphatic heterocycles. The standard InChI is InChI=1S/C24H20N2O4S2/c27-23(17-7-3-1-4-8-17)25-24-26(21-15-32(28,29)16-22(21)31-24)18-11-13-20(14-12-18)30-19-9-5-2-6-10-19/h1-14,21-22H,15-16H2/t21-,22+/m1/s1. The fraction of sp³-hybridized carbons (Fsp3) is 0.167. The van der Waals surface area contributed by atoms with Crippen molar-refractivity contribution in [2.75, 3.05) is 16.4 Å². The van der Waals surface area contributed by atoms with E-state index < -0.39 is 9.84 Å². The van der Waals surface area contributed by atoms with E-state index in [0.29, 0.717) is 16.5 Å². The predicted molar refractivity (Wildman–Crippen MR) is 127 cm³/mol. The summed E-state index contributed by atoms with van der Waals surface area (Å²) in [6.45, 7) is 0. The van der Waals surface area contributed by atoms with Gasteiger partial charge in [0.2, 0.25) is 0 Å². The fourth-order valence-corrected chi connectivity index (χ4v) is 7.81. The van der Waals surface area contributed by atoms with E-state index in [-0.39, 0.29) is 28.7 Å². The molecule has 3 aromatic carbocycles. The lowest BCUT2D eigenvalue weighted by molar-refractivity contribution is 0.100. The van der Waals surface area contributed by atoms with E-state index in [1.165, 1.54) is 11.8 Å². The summed E-state index contributed by atoms with van der Waals surface area (Å²) in [6.07, 6.45) is 0. The number of carbonyl (C=O) groups is 1. The normalized spacial score (nSPS) is 22.6. The summed E-state index contributed by atoms with van der Waals surface area (Å²) in [5.41, 5.74) is 1.28. The van der Waals surface area contributed by atoms with Gasteiger partial charge in [-0.05, 0) is 48.5 Å². The fourth-order valence-electron chi connectivity index (χ4n) is 3.90. The lowest BCUT2D eigenvalue weighted by Gasteiger charge is -2.24. The SMILES string of the molecule is O=C(N=C1S[C@H]2CS(=O)(=O)C[C@H]2N1c1ccc(Oc2ccccc2)cc1)c1ccccc1. The third-order valence-corrected chi connectivity index (χ3v) is 8.59. The van der Waals surface area contributed by atoms with Gasteiger partial charge in [0.25, 0.3) is 5.91 Å². The Kier molecular flexibility index (Phi) is 5.48. The summed E-state index contributed by atoms with van der Waals surface area (Å²) in [6, 6.07) is 25.5. The third kappa shape index (κ3) is 4.28. The number of benzene rings is 3. The minimum Gasteiger partial charge on any atom is -0.457 e. The Hall–Kier alpha value is -3.10. The van der Waals surface area contributed by atoms with Gasteiger partial charge in [-0.25, -0.2) is 8.42 Å². The Morgan fingerprint density at radius 2 is 1.50 bits per heavy atom. The van der Waals surface area contributed by atoms with Crippen LogP contribution in [-0.4, -0.2) is 42.3 Å². The maximum absolute atomic E-state index is 12.7. The van der Waals surface area contributed by atoms with Gasteiger partial charge >= 0.3 is 0 Å². The zero-order chi connectivity index (χ0) is 22.1. The van der Waals surface area contributed by atoms with Crippen LogP contribution in [0.25, 0.3) is 0 Å². The van der Waals surface area contributed by atoms with Gasteiger partial charge in [-0.3, -0.25) is 4.79 Å². The second-order valence-corrected chi connectivity index (χ2v) is 11.0. The number of hydrogen-bond acceptors (Lipinski definition) is 5. The predicted octanol–water partition coefficient (Wildman–Crippen LogP) is 4.39. The number of aliphatic imine (C=N–C) groups is 1. The number of amides is 1. The van der Waals surface area contributed by atoms with E-state index in [0.717, 1.165) is 11.4 Å². The first-order valence-electron chi connectivity index (χ1n) is 10.2. The minimum atomic E-state index is -3.13. The summed E-state index contributed by atoms with van der Waals surface area (Å²) in [5.74, 6) is 1.19. The number of sulfone groups is 1. The van der Waals surface area contributed by atoms with Crippen LogP contribution in [0.3, 0.4) is 0 Å². The lowest BCUT2D eigenvalue weighted by Crippen LogP contribution is -2.37. The molecule has 2 fully saturated rings. The third-order valence-electron chi connectivity index (χ3n) is 5.38. The molecular formula is C24H20N2O4S2. The van der Waals surface area contributed by atoms with Gasteiger partial charge in [0.15, 0.2) is 15.0 Å². The highest BCUT2D eigenvalue weighted by Gasteiger charge is 2.49. The Balaban J connectivity index is 1.45. The molecule has 0 saturated carbocycles. The lowest BCUT2D eigenvalue weighted by atomic mass is 10.2. The van der Waals surface area contributed by atoms with E-state index in [1.807, 2.05) is 65.6 Å². The van der Waals surface area contributed by atoms with Gasteiger partial charge in [0.1, 0.15) is 11.5 Å². The molecule has 3 aromatic rings. The second-order valence-electron chi connectivity index (χ2n) is 7.65. The van der Waals surface area contributed by atoms with Gasteiger partial charge in [0.05, 0.1) is 17.5 Å². The summed E-state index contributed by atoms with van der Waals surface area (Å²) in [4.78, 5) is 19.0. The first-order chi connectivity index (χ1) is 15.5. The Morgan fingerprint density at radius 1 is 0.875 bits per heavy atom. The van der Waals surface area contributed by atoms with Gasteiger partial charge in [-0.2, -0.15) is 4.99 Å². The van der Waals surface area contributed by atoms with Crippen LogP contribution < -0.4 is 9.64 Å². The topological polar surface area (TPSA) is 76.0 Å². The van der Waals surface area contributed by atoms with E-state index in [2.05, 4.69) is 4.99 Å². The van der Waals surface area contributed by atoms with E-state index in [9.17, 15) is 13.2 Å². The van der Waals surface area contributed by atoms with Gasteiger partial charge in [-0.1, -0.05) is 48.2 Å². The zero-order valence-corrected chi connectivity index (χ0v) is 18.6. The average molecular weight is 465 g/mol. The molecule has 1 amide bonds. The van der Waals surface area contributed by atoms with Gasteiger partial charge in [-0.15, -0.1) is 0 Å². The van der Waals surface area contributed by atoms with Crippen molar-refractivity contribution in [2.24, 2.45) is 4.99 Å². The van der Waals surface area contributed by atoms with Crippen molar-refractivity contribution in [1.29, 1.82) is 0 Å². The molecule has 0 aromatic heterocycles. The number of nitrogens with zero attached hydrogens (tertiary/aromatic N) is 2. The molecule has 0 unspecified atom stereocenters. The average Bonchev–Trinajstić information content (AvgIpc) is 3.26. The molecule has 0 N–H and O–H groups in total. The molecule has 0 radical (unpaired) electrons. The van der Waals surface area contributed by atoms with Crippen LogP contribution in [0.1, 0.15) is 10.4 Å². The van der Waals surface area contributed by atoms with Crippen LogP contribution in [0, 0.1) is 0 Å². The Labute approximate surface area is 190 Å². The number of amidine groups is 1. The van der Waals surface area contributed by atoms with Crippen molar-refractivity contribution < 1.29 is 17.9 Å². The van der Waals surface area contributed by atoms with Crippen LogP contribution in [0.15, 0.2) is 89.9 Å². The van der Waals surface area contributed by atoms with Crippen LogP contribution in [0.4, 0.5) is 5.69 Å². The summed E-state index contributed by atoms with van der Waals surface area (Å²) < 4.78 is 30.4. The van der Waals surface area contributed by atoms with Gasteiger partial charge in [0, 0.05) is 16.5 Å². The number of rotatable bonds is 4. The monoisotopic (exact) mass is 464 g/mol. The second kappa shape index (κ2) is 8.44. The highest BCUT2D eigenvalue weighted by atomic mass is 32.2. The van der Waals surface area contributed by atoms with Crippen molar-refractivity contribution in [2.45, 2.75) is 11.3 Å². The van der Waals surface area contributed by atoms with E-state index in [1.54, 1.807) is 24.3 Å². The van der Waals surface area contributed by atoms with Gasteiger partial charge < -0.3 is 9.64 Å². The highest BCUT2D eigenvalue weighted by molar-refractivity contribution is 8.16. The number of fused-ring (bicyclic) bond motifs is 1. The van der Waals surface area contributed by atoms with E-state index >= 15 is 0 Å². The maximum Gasteiger partial charge on any atom is 0.279 e. The molecule has 8 heteroatoms. The van der Waals surface area contributed by atoms with Crippen LogP contribution in [0.5, 0.6) is 11.5 Å². The smallest absolute Gasteiger partial charge is 0.279 e. The van der Waals surface area contributed by atoms with Crippen molar-refractivity contribution in [3.63, 3.8) is 0 Å².